The van der Waals surface area contributed by atoms with E-state index in [-0.39, 0.29) is 11.2 Å². The van der Waals surface area contributed by atoms with Crippen LogP contribution in [-0.2, 0) is 19.5 Å². The highest BCUT2D eigenvalue weighted by Gasteiger charge is 2.24. The molecule has 6 rings (SSSR count). The van der Waals surface area contributed by atoms with Crippen LogP contribution in [0, 0.1) is 0 Å². The van der Waals surface area contributed by atoms with Gasteiger partial charge in [0.2, 0.25) is 0 Å². The monoisotopic (exact) mass is 574 g/mol. The fourth-order valence-corrected chi connectivity index (χ4v) is 5.70. The van der Waals surface area contributed by atoms with Gasteiger partial charge in [0.25, 0.3) is 5.56 Å². The number of imidazole rings is 1. The quantitative estimate of drug-likeness (QED) is 0.240. The molecule has 3 aromatic carbocycles. The summed E-state index contributed by atoms with van der Waals surface area (Å²) in [7, 11) is 0. The molecule has 6 aromatic rings. The molecule has 0 amide bonds. The number of fused-ring (bicyclic) bond motifs is 1. The first-order valence-electron chi connectivity index (χ1n) is 14.7. The van der Waals surface area contributed by atoms with Gasteiger partial charge in [-0.1, -0.05) is 92.2 Å². The number of nitrogens with one attached hydrogen (secondary N) is 1. The molecule has 0 aliphatic carbocycles. The number of tetrazole rings is 1. The lowest BCUT2D eigenvalue weighted by Gasteiger charge is -2.17. The van der Waals surface area contributed by atoms with Crippen LogP contribution < -0.4 is 11.2 Å². The first kappa shape index (κ1) is 28.0. The summed E-state index contributed by atoms with van der Waals surface area (Å²) in [5, 5.41) is 14.4. The van der Waals surface area contributed by atoms with Crippen LogP contribution in [0.1, 0.15) is 56.6 Å². The van der Waals surface area contributed by atoms with Gasteiger partial charge in [0, 0.05) is 25.1 Å². The molecule has 0 radical (unpaired) electrons. The predicted molar refractivity (Wildman–Crippen MR) is 167 cm³/mol. The van der Waals surface area contributed by atoms with Gasteiger partial charge in [0.1, 0.15) is 5.82 Å². The average molecular weight is 575 g/mol. The van der Waals surface area contributed by atoms with Gasteiger partial charge in [0.05, 0.1) is 6.04 Å². The molecular weight excluding hydrogens is 540 g/mol. The van der Waals surface area contributed by atoms with Crippen LogP contribution >= 0.6 is 0 Å². The van der Waals surface area contributed by atoms with E-state index in [1.165, 1.54) is 4.57 Å². The topological polar surface area (TPSA) is 116 Å². The number of benzene rings is 3. The molecule has 218 valence electrons. The molecule has 43 heavy (non-hydrogen) atoms. The number of hydrogen-bond acceptors (Lipinski definition) is 6. The van der Waals surface area contributed by atoms with Gasteiger partial charge < -0.3 is 4.57 Å². The Morgan fingerprint density at radius 3 is 2.26 bits per heavy atom. The minimum Gasteiger partial charge on any atom is -0.318 e. The summed E-state index contributed by atoms with van der Waals surface area (Å²) >= 11 is 0. The first-order valence-corrected chi connectivity index (χ1v) is 14.7. The second-order valence-corrected chi connectivity index (χ2v) is 10.7. The minimum atomic E-state index is -0.426. The van der Waals surface area contributed by atoms with Crippen molar-refractivity contribution in [2.45, 2.75) is 59.2 Å². The Bertz CT molecular complexity index is 1970. The van der Waals surface area contributed by atoms with Gasteiger partial charge in [-0.2, -0.15) is 0 Å². The summed E-state index contributed by atoms with van der Waals surface area (Å²) in [6, 6.07) is 25.5. The average Bonchev–Trinajstić information content (AvgIpc) is 3.70. The molecule has 3 heterocycles. The van der Waals surface area contributed by atoms with Crippen molar-refractivity contribution >= 4 is 11.2 Å². The van der Waals surface area contributed by atoms with Crippen molar-refractivity contribution in [3.8, 4) is 22.5 Å². The minimum absolute atomic E-state index is 0.317. The van der Waals surface area contributed by atoms with Crippen molar-refractivity contribution in [1.82, 2.24) is 39.3 Å². The summed E-state index contributed by atoms with van der Waals surface area (Å²) in [6.07, 6.45) is 2.64. The molecule has 0 fully saturated rings. The van der Waals surface area contributed by atoms with Crippen molar-refractivity contribution in [2.75, 3.05) is 0 Å². The van der Waals surface area contributed by atoms with Crippen molar-refractivity contribution in [3.63, 3.8) is 0 Å². The Hall–Kier alpha value is -5.12. The number of nitrogens with zero attached hydrogens (tertiary/aromatic N) is 7. The lowest BCUT2D eigenvalue weighted by molar-refractivity contribution is 0.542. The largest absolute Gasteiger partial charge is 0.333 e. The fourth-order valence-electron chi connectivity index (χ4n) is 5.70. The summed E-state index contributed by atoms with van der Waals surface area (Å²) in [4.78, 5) is 32.8. The number of aromatic amines is 1. The van der Waals surface area contributed by atoms with E-state index in [1.807, 2.05) is 73.0 Å². The zero-order chi connectivity index (χ0) is 29.9. The second kappa shape index (κ2) is 12.0. The third-order valence-corrected chi connectivity index (χ3v) is 8.01. The molecule has 0 aliphatic heterocycles. The molecular formula is C33H34N8O2. The fraction of sp³-hybridized carbons (Fsp3) is 0.273. The summed E-state index contributed by atoms with van der Waals surface area (Å²) < 4.78 is 5.01. The Balaban J connectivity index is 1.45. The molecule has 0 aliphatic rings. The highest BCUT2D eigenvalue weighted by atomic mass is 16.2. The summed E-state index contributed by atoms with van der Waals surface area (Å²) in [6.45, 7) is 6.82. The van der Waals surface area contributed by atoms with Crippen LogP contribution in [0.4, 0.5) is 0 Å². The predicted octanol–water partition coefficient (Wildman–Crippen LogP) is 5.23. The highest BCUT2D eigenvalue weighted by molar-refractivity contribution is 5.80. The Labute approximate surface area is 248 Å². The van der Waals surface area contributed by atoms with Gasteiger partial charge in [-0.05, 0) is 52.9 Å². The van der Waals surface area contributed by atoms with E-state index in [1.54, 1.807) is 4.57 Å². The van der Waals surface area contributed by atoms with Gasteiger partial charge in [-0.25, -0.2) is 14.9 Å². The molecule has 1 N–H and O–H groups in total. The third kappa shape index (κ3) is 5.20. The maximum absolute atomic E-state index is 14.2. The second-order valence-electron chi connectivity index (χ2n) is 10.7. The molecule has 0 bridgehead atoms. The SMILES string of the molecule is CCCCc1nc2c(c(=O)n(C(C)c3ccccc3)c(=O)n2CC)n1Cc1ccc(-c2ccccc2-c2nnn[nH]2)cc1. The summed E-state index contributed by atoms with van der Waals surface area (Å²) in [5.41, 5.74) is 5.12. The van der Waals surface area contributed by atoms with Crippen molar-refractivity contribution in [2.24, 2.45) is 0 Å². The van der Waals surface area contributed by atoms with Crippen LogP contribution in [0.3, 0.4) is 0 Å². The van der Waals surface area contributed by atoms with E-state index < -0.39 is 6.04 Å². The van der Waals surface area contributed by atoms with E-state index in [9.17, 15) is 9.59 Å². The highest BCUT2D eigenvalue weighted by Crippen LogP contribution is 2.30. The van der Waals surface area contributed by atoms with Crippen molar-refractivity contribution in [1.29, 1.82) is 0 Å². The van der Waals surface area contributed by atoms with Gasteiger partial charge in [-0.3, -0.25) is 13.9 Å². The molecule has 0 saturated carbocycles. The van der Waals surface area contributed by atoms with Crippen molar-refractivity contribution < 1.29 is 0 Å². The van der Waals surface area contributed by atoms with Gasteiger partial charge in [-0.15, -0.1) is 5.10 Å². The van der Waals surface area contributed by atoms with E-state index in [0.717, 1.165) is 46.5 Å². The number of hydrogen-bond donors (Lipinski definition) is 1. The molecule has 0 spiro atoms. The molecule has 0 saturated heterocycles. The molecule has 10 nitrogen and oxygen atoms in total. The molecule has 1 unspecified atom stereocenters. The lowest BCUT2D eigenvalue weighted by atomic mass is 9.98. The van der Waals surface area contributed by atoms with Crippen LogP contribution in [0.15, 0.2) is 88.5 Å². The van der Waals surface area contributed by atoms with Crippen molar-refractivity contribution in [3.05, 3.63) is 117 Å². The number of H-pyrrole nitrogens is 1. The first-order chi connectivity index (χ1) is 21.0. The maximum atomic E-state index is 14.2. The smallest absolute Gasteiger partial charge is 0.318 e. The summed E-state index contributed by atoms with van der Waals surface area (Å²) in [5.74, 6) is 1.42. The maximum Gasteiger partial charge on any atom is 0.333 e. The third-order valence-electron chi connectivity index (χ3n) is 8.01. The van der Waals surface area contributed by atoms with E-state index in [0.29, 0.717) is 36.5 Å². The zero-order valence-electron chi connectivity index (χ0n) is 24.6. The van der Waals surface area contributed by atoms with Gasteiger partial charge >= 0.3 is 5.69 Å². The standard InChI is InChI=1S/C33H34N8O2/c1-4-6-16-28-34-31-29(32(42)41(33(43)39(31)5-2)22(3)24-12-8-7-9-13-24)40(28)21-23-17-19-25(20-18-23)26-14-10-11-15-27(26)30-35-37-38-36-30/h7-15,17-20,22H,4-6,16,21H2,1-3H3,(H,35,36,37,38). The number of unbranched alkanes of at least 4 members (excludes halogenated alkanes) is 1. The number of rotatable bonds is 10. The Morgan fingerprint density at radius 1 is 0.860 bits per heavy atom. The van der Waals surface area contributed by atoms with Crippen LogP contribution in [0.25, 0.3) is 33.7 Å². The molecule has 3 aromatic heterocycles. The Morgan fingerprint density at radius 2 is 1.58 bits per heavy atom. The Kier molecular flexibility index (Phi) is 7.83. The van der Waals surface area contributed by atoms with Gasteiger partial charge in [0.15, 0.2) is 17.0 Å². The zero-order valence-corrected chi connectivity index (χ0v) is 24.6. The van der Waals surface area contributed by atoms with E-state index in [2.05, 4.69) is 51.8 Å². The molecule has 10 heteroatoms. The van der Waals surface area contributed by atoms with Crippen LogP contribution in [-0.4, -0.2) is 39.3 Å². The van der Waals surface area contributed by atoms with Crippen LogP contribution in [0.5, 0.6) is 0 Å². The van der Waals surface area contributed by atoms with E-state index >= 15 is 0 Å². The number of aromatic nitrogens is 8. The number of aryl methyl sites for hydroxylation is 2. The van der Waals surface area contributed by atoms with Crippen LogP contribution in [0.2, 0.25) is 0 Å². The normalized spacial score (nSPS) is 12.2. The molecule has 1 atom stereocenters. The lowest BCUT2D eigenvalue weighted by Crippen LogP contribution is -2.42. The van der Waals surface area contributed by atoms with E-state index in [4.69, 9.17) is 4.98 Å².